The lowest BCUT2D eigenvalue weighted by Gasteiger charge is -2.11. The molecule has 1 aliphatic rings. The number of fused-ring (bicyclic) bond motifs is 1. The van der Waals surface area contributed by atoms with Gasteiger partial charge in [0.15, 0.2) is 6.10 Å². The predicted molar refractivity (Wildman–Crippen MR) is 58.8 cm³/mol. The van der Waals surface area contributed by atoms with Gasteiger partial charge in [-0.15, -0.1) is 0 Å². The molecular formula is C12H12N2O2. The topological polar surface area (TPSA) is 65.6 Å². The summed E-state index contributed by atoms with van der Waals surface area (Å²) >= 11 is 0. The number of benzene rings is 1. The SMILES string of the molecule is CC(C#N)Oc1cccc2c1CC/C2=N\O. The zero-order chi connectivity index (χ0) is 11.5. The maximum Gasteiger partial charge on any atom is 0.181 e. The van der Waals surface area contributed by atoms with Gasteiger partial charge < -0.3 is 9.94 Å². The molecule has 1 aromatic rings. The van der Waals surface area contributed by atoms with E-state index in [9.17, 15) is 0 Å². The first kappa shape index (κ1) is 10.5. The molecule has 0 fully saturated rings. The van der Waals surface area contributed by atoms with Crippen molar-refractivity contribution in [3.8, 4) is 11.8 Å². The van der Waals surface area contributed by atoms with Crippen LogP contribution in [0.3, 0.4) is 0 Å². The molecule has 4 heteroatoms. The molecule has 0 spiro atoms. The van der Waals surface area contributed by atoms with E-state index in [-0.39, 0.29) is 0 Å². The van der Waals surface area contributed by atoms with Gasteiger partial charge in [-0.05, 0) is 25.8 Å². The molecule has 82 valence electrons. The zero-order valence-electron chi connectivity index (χ0n) is 8.97. The number of oxime groups is 1. The minimum Gasteiger partial charge on any atom is -0.476 e. The molecule has 16 heavy (non-hydrogen) atoms. The lowest BCUT2D eigenvalue weighted by molar-refractivity contribution is 0.274. The molecule has 0 radical (unpaired) electrons. The van der Waals surface area contributed by atoms with Crippen LogP contribution in [0.5, 0.6) is 5.75 Å². The predicted octanol–water partition coefficient (Wildman–Crippen LogP) is 2.10. The second-order valence-corrected chi connectivity index (χ2v) is 3.72. The highest BCUT2D eigenvalue weighted by atomic mass is 16.5. The number of ether oxygens (including phenoxy) is 1. The van der Waals surface area contributed by atoms with Gasteiger partial charge >= 0.3 is 0 Å². The fraction of sp³-hybridized carbons (Fsp3) is 0.333. The van der Waals surface area contributed by atoms with Crippen LogP contribution in [0, 0.1) is 11.3 Å². The quantitative estimate of drug-likeness (QED) is 0.608. The number of rotatable bonds is 2. The van der Waals surface area contributed by atoms with Crippen molar-refractivity contribution in [2.75, 3.05) is 0 Å². The zero-order valence-corrected chi connectivity index (χ0v) is 8.97. The Morgan fingerprint density at radius 2 is 2.31 bits per heavy atom. The van der Waals surface area contributed by atoms with Crippen molar-refractivity contribution in [3.05, 3.63) is 29.3 Å². The maximum atomic E-state index is 8.83. The number of nitrogens with zero attached hydrogens (tertiary/aromatic N) is 2. The Labute approximate surface area is 93.8 Å². The molecule has 0 amide bonds. The smallest absolute Gasteiger partial charge is 0.181 e. The molecule has 1 unspecified atom stereocenters. The molecule has 4 nitrogen and oxygen atoms in total. The van der Waals surface area contributed by atoms with Crippen molar-refractivity contribution >= 4 is 5.71 Å². The largest absolute Gasteiger partial charge is 0.476 e. The van der Waals surface area contributed by atoms with Gasteiger partial charge in [0.25, 0.3) is 0 Å². The van der Waals surface area contributed by atoms with Gasteiger partial charge in [0.05, 0.1) is 5.71 Å². The third-order valence-corrected chi connectivity index (χ3v) is 2.66. The molecular weight excluding hydrogens is 204 g/mol. The van der Waals surface area contributed by atoms with E-state index < -0.39 is 6.10 Å². The minimum absolute atomic E-state index is 0.471. The Morgan fingerprint density at radius 1 is 1.50 bits per heavy atom. The summed E-state index contributed by atoms with van der Waals surface area (Å²) in [7, 11) is 0. The summed E-state index contributed by atoms with van der Waals surface area (Å²) in [6.07, 6.45) is 1.04. The summed E-state index contributed by atoms with van der Waals surface area (Å²) in [6, 6.07) is 7.61. The number of nitriles is 1. The van der Waals surface area contributed by atoms with E-state index >= 15 is 0 Å². The highest BCUT2D eigenvalue weighted by Gasteiger charge is 2.22. The first-order chi connectivity index (χ1) is 7.76. The van der Waals surface area contributed by atoms with Gasteiger partial charge in [-0.1, -0.05) is 17.3 Å². The van der Waals surface area contributed by atoms with Crippen molar-refractivity contribution in [1.29, 1.82) is 5.26 Å². The molecule has 0 heterocycles. The van der Waals surface area contributed by atoms with Crippen LogP contribution in [0.4, 0.5) is 0 Å². The van der Waals surface area contributed by atoms with Gasteiger partial charge in [0.1, 0.15) is 11.8 Å². The van der Waals surface area contributed by atoms with E-state index in [0.717, 1.165) is 17.5 Å². The van der Waals surface area contributed by atoms with Gasteiger partial charge in [-0.2, -0.15) is 5.26 Å². The average molecular weight is 216 g/mol. The first-order valence-corrected chi connectivity index (χ1v) is 5.15. The van der Waals surface area contributed by atoms with Gasteiger partial charge in [0, 0.05) is 11.1 Å². The van der Waals surface area contributed by atoms with Crippen LogP contribution in [0.25, 0.3) is 0 Å². The Kier molecular flexibility index (Phi) is 2.78. The molecule has 0 saturated heterocycles. The third-order valence-electron chi connectivity index (χ3n) is 2.66. The van der Waals surface area contributed by atoms with Crippen molar-refractivity contribution in [2.24, 2.45) is 5.16 Å². The van der Waals surface area contributed by atoms with Crippen molar-refractivity contribution in [3.63, 3.8) is 0 Å². The van der Waals surface area contributed by atoms with Crippen molar-refractivity contribution < 1.29 is 9.94 Å². The first-order valence-electron chi connectivity index (χ1n) is 5.15. The fourth-order valence-electron chi connectivity index (χ4n) is 1.90. The minimum atomic E-state index is -0.471. The Hall–Kier alpha value is -2.02. The molecule has 0 aliphatic heterocycles. The van der Waals surface area contributed by atoms with Crippen molar-refractivity contribution in [2.45, 2.75) is 25.9 Å². The molecule has 1 N–H and O–H groups in total. The number of hydrogen-bond donors (Lipinski definition) is 1. The summed E-state index contributed by atoms with van der Waals surface area (Å²) in [5.41, 5.74) is 2.63. The van der Waals surface area contributed by atoms with Crippen LogP contribution >= 0.6 is 0 Å². The van der Waals surface area contributed by atoms with E-state index in [2.05, 4.69) is 5.16 Å². The van der Waals surface area contributed by atoms with Crippen LogP contribution in [0.15, 0.2) is 23.4 Å². The molecule has 1 aliphatic carbocycles. The lowest BCUT2D eigenvalue weighted by Crippen LogP contribution is -2.09. The van der Waals surface area contributed by atoms with Crippen molar-refractivity contribution in [1.82, 2.24) is 0 Å². The third kappa shape index (κ3) is 1.72. The van der Waals surface area contributed by atoms with Crippen LogP contribution in [0.2, 0.25) is 0 Å². The standard InChI is InChI=1S/C12H12N2O2/c1-8(7-13)16-12-4-2-3-9-10(12)5-6-11(9)14-15/h2-4,8,15H,5-6H2,1H3/b14-11+. The van der Waals surface area contributed by atoms with Gasteiger partial charge in [-0.3, -0.25) is 0 Å². The maximum absolute atomic E-state index is 8.83. The summed E-state index contributed by atoms with van der Waals surface area (Å²) < 4.78 is 5.50. The second kappa shape index (κ2) is 4.23. The molecule has 0 saturated carbocycles. The second-order valence-electron chi connectivity index (χ2n) is 3.72. The van der Waals surface area contributed by atoms with Gasteiger partial charge in [0.2, 0.25) is 0 Å². The summed E-state index contributed by atoms with van der Waals surface area (Å²) in [6.45, 7) is 1.70. The summed E-state index contributed by atoms with van der Waals surface area (Å²) in [5.74, 6) is 0.713. The van der Waals surface area contributed by atoms with E-state index in [1.165, 1.54) is 0 Å². The molecule has 2 rings (SSSR count). The van der Waals surface area contributed by atoms with E-state index in [0.29, 0.717) is 17.9 Å². The molecule has 1 aromatic carbocycles. The fourth-order valence-corrected chi connectivity index (χ4v) is 1.90. The highest BCUT2D eigenvalue weighted by molar-refractivity contribution is 6.04. The molecule has 0 aromatic heterocycles. The van der Waals surface area contributed by atoms with E-state index in [4.69, 9.17) is 15.2 Å². The molecule has 0 bridgehead atoms. The Bertz CT molecular complexity index is 474. The Balaban J connectivity index is 2.37. The summed E-state index contributed by atoms with van der Waals surface area (Å²) in [5, 5.41) is 20.8. The molecule has 1 atom stereocenters. The van der Waals surface area contributed by atoms with E-state index in [1.807, 2.05) is 24.3 Å². The normalized spacial score (nSPS) is 17.9. The highest BCUT2D eigenvalue weighted by Crippen LogP contribution is 2.31. The summed E-state index contributed by atoms with van der Waals surface area (Å²) in [4.78, 5) is 0. The lowest BCUT2D eigenvalue weighted by atomic mass is 10.1. The average Bonchev–Trinajstić information content (AvgIpc) is 2.73. The number of hydrogen-bond acceptors (Lipinski definition) is 4. The van der Waals surface area contributed by atoms with Gasteiger partial charge in [-0.25, -0.2) is 0 Å². The van der Waals surface area contributed by atoms with E-state index in [1.54, 1.807) is 6.92 Å². The van der Waals surface area contributed by atoms with Crippen LogP contribution < -0.4 is 4.74 Å². The van der Waals surface area contributed by atoms with Crippen LogP contribution in [-0.2, 0) is 6.42 Å². The monoisotopic (exact) mass is 216 g/mol. The Morgan fingerprint density at radius 3 is 3.00 bits per heavy atom. The van der Waals surface area contributed by atoms with Crippen LogP contribution in [-0.4, -0.2) is 17.0 Å². The van der Waals surface area contributed by atoms with Crippen LogP contribution in [0.1, 0.15) is 24.5 Å².